The van der Waals surface area contributed by atoms with E-state index >= 15 is 0 Å². The average Bonchev–Trinajstić information content (AvgIpc) is 2.61. The Morgan fingerprint density at radius 3 is 2.33 bits per heavy atom. The van der Waals surface area contributed by atoms with Crippen molar-refractivity contribution in [2.45, 2.75) is 32.6 Å². The number of carbonyl (C=O) groups excluding carboxylic acids is 1. The normalized spacial score (nSPS) is 17.9. The maximum atomic E-state index is 12.3. The lowest BCUT2D eigenvalue weighted by Gasteiger charge is -2.21. The number of aliphatic hydroxyl groups excluding tert-OH is 2. The van der Waals surface area contributed by atoms with Gasteiger partial charge in [-0.1, -0.05) is 32.9 Å². The van der Waals surface area contributed by atoms with E-state index in [0.717, 1.165) is 11.1 Å². The van der Waals surface area contributed by atoms with Crippen LogP contribution >= 0.6 is 0 Å². The van der Waals surface area contributed by atoms with E-state index < -0.39 is 5.41 Å². The molecule has 3 nitrogen and oxygen atoms in total. The van der Waals surface area contributed by atoms with Gasteiger partial charge in [0.25, 0.3) is 0 Å². The summed E-state index contributed by atoms with van der Waals surface area (Å²) in [6.07, 6.45) is 0.429. The molecule has 0 amide bonds. The second kappa shape index (κ2) is 4.18. The number of ketones is 1. The van der Waals surface area contributed by atoms with Gasteiger partial charge in [0.1, 0.15) is 0 Å². The molecule has 0 saturated carbocycles. The molecule has 18 heavy (non-hydrogen) atoms. The summed E-state index contributed by atoms with van der Waals surface area (Å²) in [7, 11) is 0. The largest absolute Gasteiger partial charge is 0.395 e. The molecule has 0 atom stereocenters. The Bertz CT molecular complexity index is 479. The SMILES string of the molecule is CC(C)(C)c1ccc2c(c1)C(=O)C(CO)(CO)C2. The molecule has 98 valence electrons. The fourth-order valence-corrected chi connectivity index (χ4v) is 2.44. The maximum absolute atomic E-state index is 12.3. The third-order valence-electron chi connectivity index (χ3n) is 3.84. The summed E-state index contributed by atoms with van der Waals surface area (Å²) in [4.78, 5) is 12.3. The van der Waals surface area contributed by atoms with Crippen LogP contribution in [0.2, 0.25) is 0 Å². The molecule has 2 rings (SSSR count). The molecule has 0 heterocycles. The van der Waals surface area contributed by atoms with Crippen molar-refractivity contribution in [3.05, 3.63) is 34.9 Å². The molecule has 1 aromatic rings. The Kier molecular flexibility index (Phi) is 3.07. The van der Waals surface area contributed by atoms with Gasteiger partial charge in [0.2, 0.25) is 0 Å². The van der Waals surface area contributed by atoms with E-state index in [1.807, 2.05) is 18.2 Å². The molecular weight excluding hydrogens is 228 g/mol. The zero-order valence-corrected chi connectivity index (χ0v) is 11.2. The summed E-state index contributed by atoms with van der Waals surface area (Å²) in [5, 5.41) is 18.8. The van der Waals surface area contributed by atoms with Crippen LogP contribution in [0.3, 0.4) is 0 Å². The van der Waals surface area contributed by atoms with Crippen LogP contribution in [0.5, 0.6) is 0 Å². The minimum absolute atomic E-state index is 0.0149. The number of hydrogen-bond donors (Lipinski definition) is 2. The monoisotopic (exact) mass is 248 g/mol. The molecule has 1 aliphatic rings. The third-order valence-corrected chi connectivity index (χ3v) is 3.84. The Hall–Kier alpha value is -1.19. The van der Waals surface area contributed by atoms with Gasteiger partial charge in [0, 0.05) is 5.56 Å². The molecule has 1 aromatic carbocycles. The van der Waals surface area contributed by atoms with Gasteiger partial charge in [-0.05, 0) is 29.0 Å². The van der Waals surface area contributed by atoms with Crippen LogP contribution < -0.4 is 0 Å². The Morgan fingerprint density at radius 2 is 1.83 bits per heavy atom. The van der Waals surface area contributed by atoms with Crippen LogP contribution in [0.25, 0.3) is 0 Å². The summed E-state index contributed by atoms with van der Waals surface area (Å²) >= 11 is 0. The molecule has 0 unspecified atom stereocenters. The van der Waals surface area contributed by atoms with E-state index in [1.165, 1.54) is 0 Å². The number of fused-ring (bicyclic) bond motifs is 1. The first kappa shape index (κ1) is 13.2. The molecule has 0 aromatic heterocycles. The first-order valence-electron chi connectivity index (χ1n) is 6.24. The van der Waals surface area contributed by atoms with Gasteiger partial charge >= 0.3 is 0 Å². The Morgan fingerprint density at radius 1 is 1.22 bits per heavy atom. The van der Waals surface area contributed by atoms with E-state index in [9.17, 15) is 15.0 Å². The molecule has 0 radical (unpaired) electrons. The molecule has 1 aliphatic carbocycles. The van der Waals surface area contributed by atoms with E-state index in [4.69, 9.17) is 0 Å². The summed E-state index contributed by atoms with van der Waals surface area (Å²) in [6.45, 7) is 5.68. The highest BCUT2D eigenvalue weighted by Crippen LogP contribution is 2.38. The van der Waals surface area contributed by atoms with Crippen LogP contribution in [0.15, 0.2) is 18.2 Å². The van der Waals surface area contributed by atoms with Gasteiger partial charge in [0.05, 0.1) is 18.6 Å². The zero-order valence-electron chi connectivity index (χ0n) is 11.2. The van der Waals surface area contributed by atoms with Crippen molar-refractivity contribution < 1.29 is 15.0 Å². The quantitative estimate of drug-likeness (QED) is 0.837. The van der Waals surface area contributed by atoms with Crippen molar-refractivity contribution in [1.29, 1.82) is 0 Å². The second-order valence-electron chi connectivity index (χ2n) is 6.22. The number of rotatable bonds is 2. The van der Waals surface area contributed by atoms with Crippen molar-refractivity contribution in [2.24, 2.45) is 5.41 Å². The van der Waals surface area contributed by atoms with Crippen LogP contribution in [0, 0.1) is 5.41 Å². The standard InChI is InChI=1S/C15H20O3/c1-14(2,3)11-5-4-10-7-15(8-16,9-17)13(18)12(10)6-11/h4-6,16-17H,7-9H2,1-3H3. The predicted molar refractivity (Wildman–Crippen MR) is 69.8 cm³/mol. The molecule has 0 saturated heterocycles. The van der Waals surface area contributed by atoms with Crippen molar-refractivity contribution in [3.63, 3.8) is 0 Å². The number of Topliss-reactive ketones (excluding diaryl/α,β-unsaturated/α-hetero) is 1. The summed E-state index contributed by atoms with van der Waals surface area (Å²) < 4.78 is 0. The number of hydrogen-bond acceptors (Lipinski definition) is 3. The van der Waals surface area contributed by atoms with E-state index in [0.29, 0.717) is 12.0 Å². The lowest BCUT2D eigenvalue weighted by molar-refractivity contribution is 0.0456. The van der Waals surface area contributed by atoms with Gasteiger partial charge in [-0.25, -0.2) is 0 Å². The molecule has 0 aliphatic heterocycles. The lowest BCUT2D eigenvalue weighted by atomic mass is 9.84. The van der Waals surface area contributed by atoms with Gasteiger partial charge in [-0.15, -0.1) is 0 Å². The number of carbonyl (C=O) groups is 1. The average molecular weight is 248 g/mol. The van der Waals surface area contributed by atoms with E-state index in [-0.39, 0.29) is 24.4 Å². The minimum Gasteiger partial charge on any atom is -0.395 e. The van der Waals surface area contributed by atoms with E-state index in [1.54, 1.807) is 0 Å². The molecular formula is C15H20O3. The first-order chi connectivity index (χ1) is 8.34. The highest BCUT2D eigenvalue weighted by atomic mass is 16.3. The number of aliphatic hydroxyl groups is 2. The molecule has 0 bridgehead atoms. The van der Waals surface area contributed by atoms with Gasteiger partial charge in [-0.3, -0.25) is 4.79 Å². The highest BCUT2D eigenvalue weighted by molar-refractivity contribution is 6.05. The second-order valence-corrected chi connectivity index (χ2v) is 6.22. The fraction of sp³-hybridized carbons (Fsp3) is 0.533. The molecule has 2 N–H and O–H groups in total. The van der Waals surface area contributed by atoms with Crippen molar-refractivity contribution in [2.75, 3.05) is 13.2 Å². The summed E-state index contributed by atoms with van der Waals surface area (Å²) in [6, 6.07) is 5.88. The van der Waals surface area contributed by atoms with Gasteiger partial charge < -0.3 is 10.2 Å². The third kappa shape index (κ3) is 1.88. The van der Waals surface area contributed by atoms with Crippen molar-refractivity contribution in [3.8, 4) is 0 Å². The maximum Gasteiger partial charge on any atom is 0.174 e. The van der Waals surface area contributed by atoms with Gasteiger partial charge in [0.15, 0.2) is 5.78 Å². The van der Waals surface area contributed by atoms with Crippen molar-refractivity contribution >= 4 is 5.78 Å². The molecule has 0 fully saturated rings. The topological polar surface area (TPSA) is 57.5 Å². The van der Waals surface area contributed by atoms with Crippen LogP contribution in [-0.4, -0.2) is 29.2 Å². The minimum atomic E-state index is -1.02. The Balaban J connectivity index is 2.48. The molecule has 3 heteroatoms. The van der Waals surface area contributed by atoms with Crippen LogP contribution in [0.4, 0.5) is 0 Å². The van der Waals surface area contributed by atoms with Crippen LogP contribution in [-0.2, 0) is 11.8 Å². The Labute approximate surface area is 107 Å². The van der Waals surface area contributed by atoms with Crippen molar-refractivity contribution in [1.82, 2.24) is 0 Å². The highest BCUT2D eigenvalue weighted by Gasteiger charge is 2.44. The fourth-order valence-electron chi connectivity index (χ4n) is 2.44. The number of benzene rings is 1. The van der Waals surface area contributed by atoms with E-state index in [2.05, 4.69) is 20.8 Å². The zero-order chi connectivity index (χ0) is 13.6. The van der Waals surface area contributed by atoms with Gasteiger partial charge in [-0.2, -0.15) is 0 Å². The molecule has 0 spiro atoms. The first-order valence-corrected chi connectivity index (χ1v) is 6.24. The summed E-state index contributed by atoms with van der Waals surface area (Å²) in [5.74, 6) is -0.131. The predicted octanol–water partition coefficient (Wildman–Crippen LogP) is 1.69. The van der Waals surface area contributed by atoms with Crippen LogP contribution in [0.1, 0.15) is 42.3 Å². The smallest absolute Gasteiger partial charge is 0.174 e. The summed E-state index contributed by atoms with van der Waals surface area (Å²) in [5.41, 5.74) is 1.65. The lowest BCUT2D eigenvalue weighted by Crippen LogP contribution is -2.36.